The molecule has 0 saturated carbocycles. The Bertz CT molecular complexity index is 575. The number of hydrogen-bond donors (Lipinski definition) is 0. The largest absolute Gasteiger partial charge is 0.573 e. The lowest BCUT2D eigenvalue weighted by atomic mass is 10.0. The number of rotatable bonds is 4. The van der Waals surface area contributed by atoms with Crippen molar-refractivity contribution in [3.8, 4) is 11.8 Å². The molecule has 1 aromatic carbocycles. The van der Waals surface area contributed by atoms with Gasteiger partial charge < -0.3 is 9.47 Å². The number of nitriles is 1. The molecule has 1 aromatic rings. The van der Waals surface area contributed by atoms with Crippen LogP contribution in [0.1, 0.15) is 33.2 Å². The molecule has 0 aliphatic carbocycles. The normalized spacial score (nSPS) is 10.6. The zero-order valence-corrected chi connectivity index (χ0v) is 10.2. The van der Waals surface area contributed by atoms with Crippen molar-refractivity contribution in [2.24, 2.45) is 0 Å². The summed E-state index contributed by atoms with van der Waals surface area (Å²) in [5.41, 5.74) is -1.17. The van der Waals surface area contributed by atoms with Crippen molar-refractivity contribution < 1.29 is 32.2 Å². The summed E-state index contributed by atoms with van der Waals surface area (Å²) in [4.78, 5) is 22.3. The lowest BCUT2D eigenvalue weighted by molar-refractivity contribution is -0.274. The van der Waals surface area contributed by atoms with E-state index in [4.69, 9.17) is 5.26 Å². The first-order valence-electron chi connectivity index (χ1n) is 5.28. The maximum Gasteiger partial charge on any atom is 0.573 e. The zero-order valence-electron chi connectivity index (χ0n) is 10.2. The average molecular weight is 287 g/mol. The highest BCUT2D eigenvalue weighted by atomic mass is 19.4. The number of ether oxygens (including phenoxy) is 2. The molecule has 106 valence electrons. The van der Waals surface area contributed by atoms with Crippen LogP contribution in [-0.2, 0) is 4.74 Å². The molecule has 5 nitrogen and oxygen atoms in total. The van der Waals surface area contributed by atoms with E-state index in [1.165, 1.54) is 6.92 Å². The van der Waals surface area contributed by atoms with Crippen LogP contribution in [-0.4, -0.2) is 25.2 Å². The molecular weight excluding hydrogens is 279 g/mol. The fraction of sp³-hybridized carbons (Fsp3) is 0.250. The molecule has 0 aliphatic rings. The Morgan fingerprint density at radius 2 is 2.10 bits per heavy atom. The van der Waals surface area contributed by atoms with Crippen molar-refractivity contribution in [1.29, 1.82) is 5.26 Å². The smallest absolute Gasteiger partial charge is 0.462 e. The van der Waals surface area contributed by atoms with Gasteiger partial charge in [0.1, 0.15) is 11.8 Å². The van der Waals surface area contributed by atoms with Crippen LogP contribution in [0.4, 0.5) is 13.2 Å². The van der Waals surface area contributed by atoms with Crippen molar-refractivity contribution in [2.45, 2.75) is 13.3 Å². The summed E-state index contributed by atoms with van der Waals surface area (Å²) in [6.07, 6.45) is -4.94. The molecular formula is C12H8F3NO4. The zero-order chi connectivity index (χ0) is 15.3. The van der Waals surface area contributed by atoms with Gasteiger partial charge >= 0.3 is 12.3 Å². The summed E-state index contributed by atoms with van der Waals surface area (Å²) in [5.74, 6) is -1.84. The van der Waals surface area contributed by atoms with Gasteiger partial charge in [0.25, 0.3) is 0 Å². The van der Waals surface area contributed by atoms with E-state index in [2.05, 4.69) is 9.47 Å². The molecule has 0 amide bonds. The number of nitrogens with zero attached hydrogens (tertiary/aromatic N) is 1. The first-order valence-corrected chi connectivity index (χ1v) is 5.28. The quantitative estimate of drug-likeness (QED) is 0.628. The van der Waals surface area contributed by atoms with Gasteiger partial charge in [-0.25, -0.2) is 4.79 Å². The Kier molecular flexibility index (Phi) is 4.69. The maximum absolute atomic E-state index is 12.2. The van der Waals surface area contributed by atoms with Gasteiger partial charge in [-0.05, 0) is 19.1 Å². The number of carbonyl (C=O) groups excluding carboxylic acids is 2. The fourth-order valence-electron chi connectivity index (χ4n) is 1.37. The number of aldehydes is 1. The first kappa shape index (κ1) is 15.5. The molecule has 0 N–H and O–H groups in total. The number of halogens is 3. The topological polar surface area (TPSA) is 76.4 Å². The molecule has 0 spiro atoms. The number of carbonyl (C=O) groups is 2. The first-order chi connectivity index (χ1) is 9.32. The van der Waals surface area contributed by atoms with Crippen molar-refractivity contribution >= 4 is 12.3 Å². The highest BCUT2D eigenvalue weighted by Crippen LogP contribution is 2.28. The summed E-state index contributed by atoms with van der Waals surface area (Å²) < 4.78 is 44.9. The number of alkyl halides is 3. The van der Waals surface area contributed by atoms with Crippen LogP contribution in [0.5, 0.6) is 5.75 Å². The standard InChI is InChI=1S/C12H8F3NO4/c1-2-19-11(18)9-4-10(20-12(13,14)15)8(6-17)3-7(9)5-16/h3-4,6H,2H2,1H3. The van der Waals surface area contributed by atoms with Gasteiger partial charge in [-0.15, -0.1) is 13.2 Å². The second-order valence-corrected chi connectivity index (χ2v) is 3.43. The Hall–Kier alpha value is -2.56. The monoisotopic (exact) mass is 287 g/mol. The Balaban J connectivity index is 3.38. The van der Waals surface area contributed by atoms with Gasteiger partial charge in [-0.3, -0.25) is 4.79 Å². The fourth-order valence-corrected chi connectivity index (χ4v) is 1.37. The second-order valence-electron chi connectivity index (χ2n) is 3.43. The van der Waals surface area contributed by atoms with Gasteiger partial charge in [-0.1, -0.05) is 0 Å². The summed E-state index contributed by atoms with van der Waals surface area (Å²) in [7, 11) is 0. The molecule has 0 atom stereocenters. The van der Waals surface area contributed by atoms with Gasteiger partial charge in [0.15, 0.2) is 6.29 Å². The Morgan fingerprint density at radius 3 is 2.55 bits per heavy atom. The average Bonchev–Trinajstić information content (AvgIpc) is 2.36. The molecule has 0 bridgehead atoms. The lowest BCUT2D eigenvalue weighted by Gasteiger charge is -2.12. The molecule has 0 unspecified atom stereocenters. The summed E-state index contributed by atoms with van der Waals surface area (Å²) in [6.45, 7) is 1.48. The summed E-state index contributed by atoms with van der Waals surface area (Å²) >= 11 is 0. The second kappa shape index (κ2) is 6.06. The SMILES string of the molecule is CCOC(=O)c1cc(OC(F)(F)F)c(C=O)cc1C#N. The molecule has 0 fully saturated rings. The van der Waals surface area contributed by atoms with Crippen LogP contribution in [0, 0.1) is 11.3 Å². The summed E-state index contributed by atoms with van der Waals surface area (Å²) in [5, 5.41) is 8.84. The van der Waals surface area contributed by atoms with Crippen molar-refractivity contribution in [2.75, 3.05) is 6.61 Å². The lowest BCUT2D eigenvalue weighted by Crippen LogP contribution is -2.19. The third-order valence-corrected chi connectivity index (χ3v) is 2.12. The third-order valence-electron chi connectivity index (χ3n) is 2.12. The van der Waals surface area contributed by atoms with Crippen LogP contribution in [0.2, 0.25) is 0 Å². The van der Waals surface area contributed by atoms with Crippen LogP contribution in [0.3, 0.4) is 0 Å². The highest BCUT2D eigenvalue weighted by molar-refractivity contribution is 5.94. The van der Waals surface area contributed by atoms with E-state index >= 15 is 0 Å². The van der Waals surface area contributed by atoms with Gasteiger partial charge in [0, 0.05) is 0 Å². The van der Waals surface area contributed by atoms with E-state index < -0.39 is 29.2 Å². The van der Waals surface area contributed by atoms with Gasteiger partial charge in [-0.2, -0.15) is 5.26 Å². The molecule has 0 saturated heterocycles. The predicted octanol–water partition coefficient (Wildman–Crippen LogP) is 2.45. The minimum Gasteiger partial charge on any atom is -0.462 e. The van der Waals surface area contributed by atoms with E-state index in [-0.39, 0.29) is 18.5 Å². The number of esters is 1. The molecule has 20 heavy (non-hydrogen) atoms. The minimum atomic E-state index is -5.03. The predicted molar refractivity (Wildman–Crippen MR) is 59.2 cm³/mol. The molecule has 8 heteroatoms. The molecule has 0 heterocycles. The van der Waals surface area contributed by atoms with Gasteiger partial charge in [0.05, 0.1) is 23.3 Å². The Labute approximate surface area is 111 Å². The van der Waals surface area contributed by atoms with Crippen LogP contribution < -0.4 is 4.74 Å². The highest BCUT2D eigenvalue weighted by Gasteiger charge is 2.33. The van der Waals surface area contributed by atoms with E-state index in [9.17, 15) is 22.8 Å². The number of hydrogen-bond acceptors (Lipinski definition) is 5. The van der Waals surface area contributed by atoms with E-state index in [1.807, 2.05) is 0 Å². The van der Waals surface area contributed by atoms with Crippen LogP contribution >= 0.6 is 0 Å². The van der Waals surface area contributed by atoms with E-state index in [1.54, 1.807) is 6.07 Å². The third kappa shape index (κ3) is 3.71. The molecule has 1 rings (SSSR count). The van der Waals surface area contributed by atoms with E-state index in [0.717, 1.165) is 6.07 Å². The van der Waals surface area contributed by atoms with Crippen molar-refractivity contribution in [3.05, 3.63) is 28.8 Å². The molecule has 0 radical (unpaired) electrons. The maximum atomic E-state index is 12.2. The molecule has 0 aromatic heterocycles. The van der Waals surface area contributed by atoms with Crippen LogP contribution in [0.15, 0.2) is 12.1 Å². The van der Waals surface area contributed by atoms with Crippen molar-refractivity contribution in [3.63, 3.8) is 0 Å². The Morgan fingerprint density at radius 1 is 1.45 bits per heavy atom. The van der Waals surface area contributed by atoms with E-state index in [0.29, 0.717) is 6.07 Å². The molecule has 0 aliphatic heterocycles. The van der Waals surface area contributed by atoms with Gasteiger partial charge in [0.2, 0.25) is 0 Å². The minimum absolute atomic E-state index is 0.0193. The van der Waals surface area contributed by atoms with Crippen LogP contribution in [0.25, 0.3) is 0 Å². The van der Waals surface area contributed by atoms with Crippen molar-refractivity contribution in [1.82, 2.24) is 0 Å². The summed E-state index contributed by atoms with van der Waals surface area (Å²) in [6, 6.07) is 3.10. The number of benzene rings is 1.